The summed E-state index contributed by atoms with van der Waals surface area (Å²) >= 11 is 5.89. The van der Waals surface area contributed by atoms with Gasteiger partial charge in [-0.2, -0.15) is 39.5 Å². The summed E-state index contributed by atoms with van der Waals surface area (Å²) in [6, 6.07) is -0.228. The molecule has 216 valence electrons. The number of benzene rings is 1. The van der Waals surface area contributed by atoms with Gasteiger partial charge in [0.05, 0.1) is 28.4 Å². The maximum atomic E-state index is 13.7. The van der Waals surface area contributed by atoms with Crippen LogP contribution in [0.2, 0.25) is 5.02 Å². The molecule has 17 heteroatoms. The Balaban J connectivity index is 3.19. The molecule has 2 aromatic rings. The number of carbonyl (C=O) groups is 1. The van der Waals surface area contributed by atoms with Crippen LogP contribution in [0.1, 0.15) is 30.7 Å². The number of halogens is 10. The Labute approximate surface area is 219 Å². The van der Waals surface area contributed by atoms with E-state index in [0.29, 0.717) is 4.57 Å². The Bertz CT molecular complexity index is 1270. The molecule has 0 saturated heterocycles. The van der Waals surface area contributed by atoms with Gasteiger partial charge >= 0.3 is 24.5 Å². The number of allylic oxidation sites excluding steroid dienone is 1. The van der Waals surface area contributed by atoms with Gasteiger partial charge in [0.25, 0.3) is 5.56 Å². The van der Waals surface area contributed by atoms with E-state index >= 15 is 0 Å². The van der Waals surface area contributed by atoms with Crippen molar-refractivity contribution in [1.82, 2.24) is 9.55 Å². The molecule has 0 saturated carbocycles. The molecule has 1 unspecified atom stereocenters. The summed E-state index contributed by atoms with van der Waals surface area (Å²) in [7, 11) is 0. The van der Waals surface area contributed by atoms with E-state index in [2.05, 4.69) is 11.6 Å². The van der Waals surface area contributed by atoms with Crippen LogP contribution in [-0.2, 0) is 39.3 Å². The Hall–Kier alpha value is -3.27. The first kappa shape index (κ1) is 31.9. The van der Waals surface area contributed by atoms with Crippen molar-refractivity contribution in [2.75, 3.05) is 18.1 Å². The number of carbonyl (C=O) groups excluding carboxylic acids is 1. The van der Waals surface area contributed by atoms with Crippen LogP contribution in [0.15, 0.2) is 35.6 Å². The molecule has 0 fully saturated rings. The fourth-order valence-electron chi connectivity index (χ4n) is 3.24. The largest absolute Gasteiger partial charge is 0.463 e. The lowest BCUT2D eigenvalue weighted by molar-refractivity contribution is -0.155. The SMILES string of the molecule is C=CCn1c(N(c2cc(C(F)(F)F)cc(C(F)(F)F)c2Cl)C(OCC)C(=O)OCC)nc(C(F)(F)F)cc1=O. The summed E-state index contributed by atoms with van der Waals surface area (Å²) in [6.07, 6.45) is -17.6. The molecule has 0 aliphatic carbocycles. The number of nitrogens with zero attached hydrogens (tertiary/aromatic N) is 3. The minimum absolute atomic E-state index is 0.0418. The molecular formula is C22H19ClF9N3O4. The standard InChI is InChI=1S/C22H19ClF9N3O4/c1-4-7-34-15(36)10-14(22(30,31)32)33-19(34)35(17(38-5-2)18(37)39-6-3)13-9-11(20(24,25)26)8-12(16(13)23)21(27,28)29/h4,8-10,17H,1,5-7H2,2-3H3. The lowest BCUT2D eigenvalue weighted by Gasteiger charge is -2.33. The predicted molar refractivity (Wildman–Crippen MR) is 119 cm³/mol. The normalized spacial score (nSPS) is 13.2. The first-order valence-corrected chi connectivity index (χ1v) is 11.1. The molecular weight excluding hydrogens is 577 g/mol. The van der Waals surface area contributed by atoms with Gasteiger partial charge in [-0.25, -0.2) is 9.78 Å². The summed E-state index contributed by atoms with van der Waals surface area (Å²) in [5, 5.41) is -1.46. The van der Waals surface area contributed by atoms with Crippen LogP contribution in [0.3, 0.4) is 0 Å². The average molecular weight is 596 g/mol. The summed E-state index contributed by atoms with van der Waals surface area (Å²) in [5.41, 5.74) is -8.57. The number of alkyl halides is 9. The molecule has 1 aromatic heterocycles. The smallest absolute Gasteiger partial charge is 0.433 e. The van der Waals surface area contributed by atoms with Crippen LogP contribution in [0, 0.1) is 0 Å². The van der Waals surface area contributed by atoms with Crippen LogP contribution in [0.5, 0.6) is 0 Å². The Kier molecular flexibility index (Phi) is 9.71. The molecule has 0 N–H and O–H groups in total. The fourth-order valence-corrected chi connectivity index (χ4v) is 3.54. The van der Waals surface area contributed by atoms with E-state index in [9.17, 15) is 49.1 Å². The van der Waals surface area contributed by atoms with Gasteiger partial charge in [-0.05, 0) is 26.0 Å². The molecule has 2 rings (SSSR count). The van der Waals surface area contributed by atoms with E-state index in [1.807, 2.05) is 0 Å². The first-order valence-electron chi connectivity index (χ1n) is 10.7. The van der Waals surface area contributed by atoms with Crippen molar-refractivity contribution in [2.45, 2.75) is 45.1 Å². The molecule has 39 heavy (non-hydrogen) atoms. The van der Waals surface area contributed by atoms with Crippen LogP contribution in [0.25, 0.3) is 0 Å². The van der Waals surface area contributed by atoms with E-state index in [1.54, 1.807) is 0 Å². The van der Waals surface area contributed by atoms with Gasteiger partial charge in [-0.15, -0.1) is 6.58 Å². The second-order valence-corrected chi connectivity index (χ2v) is 7.84. The fraction of sp³-hybridized carbons (Fsp3) is 0.409. The number of aromatic nitrogens is 2. The third-order valence-corrected chi connectivity index (χ3v) is 5.20. The summed E-state index contributed by atoms with van der Waals surface area (Å²) in [6.45, 7) is 4.41. The van der Waals surface area contributed by atoms with Gasteiger partial charge in [0.15, 0.2) is 5.69 Å². The molecule has 0 spiro atoms. The number of esters is 1. The number of anilines is 2. The highest BCUT2D eigenvalue weighted by Crippen LogP contribution is 2.46. The second kappa shape index (κ2) is 11.9. The lowest BCUT2D eigenvalue weighted by atomic mass is 10.1. The highest BCUT2D eigenvalue weighted by molar-refractivity contribution is 6.34. The number of hydrogen-bond donors (Lipinski definition) is 0. The lowest BCUT2D eigenvalue weighted by Crippen LogP contribution is -2.45. The first-order chi connectivity index (χ1) is 17.9. The van der Waals surface area contributed by atoms with Gasteiger partial charge in [0.2, 0.25) is 12.2 Å². The van der Waals surface area contributed by atoms with Crippen molar-refractivity contribution in [3.8, 4) is 0 Å². The van der Waals surface area contributed by atoms with Gasteiger partial charge < -0.3 is 9.47 Å². The number of rotatable bonds is 9. The van der Waals surface area contributed by atoms with Gasteiger partial charge in [-0.3, -0.25) is 14.3 Å². The van der Waals surface area contributed by atoms with Gasteiger partial charge in [0.1, 0.15) is 0 Å². The molecule has 7 nitrogen and oxygen atoms in total. The van der Waals surface area contributed by atoms with E-state index in [0.717, 1.165) is 6.08 Å². The van der Waals surface area contributed by atoms with Crippen molar-refractivity contribution < 1.29 is 53.8 Å². The summed E-state index contributed by atoms with van der Waals surface area (Å²) in [4.78, 5) is 28.8. The highest BCUT2D eigenvalue weighted by atomic mass is 35.5. The molecule has 0 amide bonds. The molecule has 1 aromatic carbocycles. The summed E-state index contributed by atoms with van der Waals surface area (Å²) < 4.78 is 133. The minimum atomic E-state index is -5.49. The van der Waals surface area contributed by atoms with Crippen LogP contribution in [0.4, 0.5) is 51.1 Å². The van der Waals surface area contributed by atoms with Crippen LogP contribution >= 0.6 is 11.6 Å². The molecule has 0 aliphatic rings. The van der Waals surface area contributed by atoms with E-state index < -0.39 is 82.9 Å². The van der Waals surface area contributed by atoms with Gasteiger partial charge in [-0.1, -0.05) is 17.7 Å². The zero-order chi connectivity index (χ0) is 29.9. The number of hydrogen-bond acceptors (Lipinski definition) is 6. The maximum absolute atomic E-state index is 13.7. The van der Waals surface area contributed by atoms with Gasteiger partial charge in [0, 0.05) is 19.2 Å². The monoisotopic (exact) mass is 595 g/mol. The predicted octanol–water partition coefficient (Wildman–Crippen LogP) is 6.20. The van der Waals surface area contributed by atoms with Crippen molar-refractivity contribution in [3.63, 3.8) is 0 Å². The second-order valence-electron chi connectivity index (χ2n) is 7.46. The van der Waals surface area contributed by atoms with E-state index in [4.69, 9.17) is 21.1 Å². The van der Waals surface area contributed by atoms with Crippen LogP contribution in [-0.4, -0.2) is 35.0 Å². The van der Waals surface area contributed by atoms with Crippen molar-refractivity contribution >= 4 is 29.2 Å². The third kappa shape index (κ3) is 7.23. The zero-order valence-electron chi connectivity index (χ0n) is 20.0. The van der Waals surface area contributed by atoms with Crippen molar-refractivity contribution in [2.24, 2.45) is 0 Å². The quantitative estimate of drug-likeness (QED) is 0.149. The highest BCUT2D eigenvalue weighted by Gasteiger charge is 2.43. The molecule has 0 radical (unpaired) electrons. The molecule has 0 bridgehead atoms. The molecule has 1 atom stereocenters. The Morgan fingerprint density at radius 3 is 2.13 bits per heavy atom. The van der Waals surface area contributed by atoms with Crippen molar-refractivity contribution in [1.29, 1.82) is 0 Å². The topological polar surface area (TPSA) is 73.7 Å². The maximum Gasteiger partial charge on any atom is 0.433 e. The summed E-state index contributed by atoms with van der Waals surface area (Å²) in [5.74, 6) is -2.67. The zero-order valence-corrected chi connectivity index (χ0v) is 20.7. The molecule has 1 heterocycles. The third-order valence-electron chi connectivity index (χ3n) is 4.80. The number of ether oxygens (including phenoxy) is 2. The molecule has 0 aliphatic heterocycles. The minimum Gasteiger partial charge on any atom is -0.463 e. The Morgan fingerprint density at radius 1 is 1.05 bits per heavy atom. The van der Waals surface area contributed by atoms with Crippen molar-refractivity contribution in [3.05, 3.63) is 63.1 Å². The van der Waals surface area contributed by atoms with E-state index in [1.165, 1.54) is 13.8 Å². The average Bonchev–Trinajstić information content (AvgIpc) is 2.79. The Morgan fingerprint density at radius 2 is 1.67 bits per heavy atom. The van der Waals surface area contributed by atoms with E-state index in [-0.39, 0.29) is 29.7 Å². The van der Waals surface area contributed by atoms with Crippen LogP contribution < -0.4 is 10.5 Å².